The Balaban J connectivity index is 2.13. The molecule has 0 bridgehead atoms. The molecule has 0 radical (unpaired) electrons. The number of halogens is 3. The predicted molar refractivity (Wildman–Crippen MR) is 80.1 cm³/mol. The third kappa shape index (κ3) is 3.74. The second-order valence-electron chi connectivity index (χ2n) is 3.64. The first-order chi connectivity index (χ1) is 8.95. The average Bonchev–Trinajstić information content (AvgIpc) is 2.65. The molecule has 0 amide bonds. The zero-order chi connectivity index (χ0) is 14.0. The SMILES string of the molecule is O=[N+]([O-])c1cc(F)cc(NCc2cc(Br)c(Br)s2)c1. The lowest BCUT2D eigenvalue weighted by molar-refractivity contribution is -0.385. The van der Waals surface area contributed by atoms with E-state index in [-0.39, 0.29) is 5.69 Å². The topological polar surface area (TPSA) is 55.2 Å². The molecule has 100 valence electrons. The van der Waals surface area contributed by atoms with Crippen LogP contribution >= 0.6 is 43.2 Å². The number of non-ortho nitro benzene ring substituents is 1. The Morgan fingerprint density at radius 2 is 2.05 bits per heavy atom. The normalized spacial score (nSPS) is 10.5. The molecule has 8 heteroatoms. The van der Waals surface area contributed by atoms with Crippen molar-refractivity contribution in [2.45, 2.75) is 6.54 Å². The van der Waals surface area contributed by atoms with Crippen LogP contribution in [0.1, 0.15) is 4.88 Å². The summed E-state index contributed by atoms with van der Waals surface area (Å²) in [5.74, 6) is -0.634. The Labute approximate surface area is 129 Å². The van der Waals surface area contributed by atoms with E-state index < -0.39 is 10.7 Å². The van der Waals surface area contributed by atoms with Crippen LogP contribution in [0.2, 0.25) is 0 Å². The molecule has 19 heavy (non-hydrogen) atoms. The second kappa shape index (κ2) is 5.98. The van der Waals surface area contributed by atoms with Gasteiger partial charge in [0.15, 0.2) is 0 Å². The smallest absolute Gasteiger partial charge is 0.274 e. The lowest BCUT2D eigenvalue weighted by Gasteiger charge is -2.04. The molecule has 0 fully saturated rings. The quantitative estimate of drug-likeness (QED) is 0.575. The van der Waals surface area contributed by atoms with Crippen molar-refractivity contribution in [1.82, 2.24) is 0 Å². The maximum atomic E-state index is 13.2. The van der Waals surface area contributed by atoms with E-state index in [1.165, 1.54) is 23.5 Å². The lowest BCUT2D eigenvalue weighted by Crippen LogP contribution is -1.99. The first-order valence-electron chi connectivity index (χ1n) is 5.08. The van der Waals surface area contributed by atoms with Crippen molar-refractivity contribution in [3.8, 4) is 0 Å². The number of benzene rings is 1. The molecule has 2 aromatic rings. The van der Waals surface area contributed by atoms with Crippen LogP contribution in [0.25, 0.3) is 0 Å². The number of thiophene rings is 1. The van der Waals surface area contributed by atoms with E-state index in [1.807, 2.05) is 6.07 Å². The fourth-order valence-electron chi connectivity index (χ4n) is 1.45. The summed E-state index contributed by atoms with van der Waals surface area (Å²) in [6.07, 6.45) is 0. The molecule has 1 heterocycles. The summed E-state index contributed by atoms with van der Waals surface area (Å²) in [4.78, 5) is 11.0. The van der Waals surface area contributed by atoms with Gasteiger partial charge in [0.1, 0.15) is 5.82 Å². The minimum absolute atomic E-state index is 0.268. The van der Waals surface area contributed by atoms with Crippen molar-refractivity contribution in [2.24, 2.45) is 0 Å². The van der Waals surface area contributed by atoms with Gasteiger partial charge in [-0.1, -0.05) is 0 Å². The summed E-state index contributed by atoms with van der Waals surface area (Å²) >= 11 is 8.28. The molecule has 0 unspecified atom stereocenters. The van der Waals surface area contributed by atoms with Gasteiger partial charge in [-0.3, -0.25) is 10.1 Å². The molecule has 0 spiro atoms. The fourth-order valence-corrected chi connectivity index (χ4v) is 3.57. The molecule has 1 N–H and O–H groups in total. The molecule has 0 aliphatic heterocycles. The molecule has 0 saturated heterocycles. The Morgan fingerprint density at radius 3 is 2.63 bits per heavy atom. The molecular weight excluding hydrogens is 403 g/mol. The second-order valence-corrected chi connectivity index (χ2v) is 6.95. The van der Waals surface area contributed by atoms with Gasteiger partial charge < -0.3 is 5.32 Å². The van der Waals surface area contributed by atoms with Crippen molar-refractivity contribution >= 4 is 54.6 Å². The minimum Gasteiger partial charge on any atom is -0.380 e. The van der Waals surface area contributed by atoms with Gasteiger partial charge in [-0.2, -0.15) is 0 Å². The van der Waals surface area contributed by atoms with Gasteiger partial charge in [0, 0.05) is 27.6 Å². The highest BCUT2D eigenvalue weighted by atomic mass is 79.9. The molecule has 1 aromatic heterocycles. The van der Waals surface area contributed by atoms with E-state index in [0.717, 1.165) is 19.2 Å². The highest BCUT2D eigenvalue weighted by Crippen LogP contribution is 2.32. The third-order valence-electron chi connectivity index (χ3n) is 2.26. The Morgan fingerprint density at radius 1 is 1.32 bits per heavy atom. The first-order valence-corrected chi connectivity index (χ1v) is 7.48. The predicted octanol–water partition coefficient (Wildman–Crippen LogP) is 4.93. The number of nitrogens with one attached hydrogen (secondary N) is 1. The Hall–Kier alpha value is -0.990. The number of hydrogen-bond acceptors (Lipinski definition) is 4. The molecule has 2 rings (SSSR count). The van der Waals surface area contributed by atoms with Gasteiger partial charge in [-0.25, -0.2) is 4.39 Å². The summed E-state index contributed by atoms with van der Waals surface area (Å²) in [5.41, 5.74) is 0.114. The number of rotatable bonds is 4. The van der Waals surface area contributed by atoms with Crippen LogP contribution in [0, 0.1) is 15.9 Å². The van der Waals surface area contributed by atoms with Gasteiger partial charge in [-0.15, -0.1) is 11.3 Å². The number of hydrogen-bond donors (Lipinski definition) is 1. The number of nitrogens with zero attached hydrogens (tertiary/aromatic N) is 1. The lowest BCUT2D eigenvalue weighted by atomic mass is 10.2. The molecule has 0 aliphatic carbocycles. The molecule has 1 aromatic carbocycles. The summed E-state index contributed by atoms with van der Waals surface area (Å²) in [6, 6.07) is 5.35. The van der Waals surface area contributed by atoms with E-state index >= 15 is 0 Å². The molecule has 0 saturated carbocycles. The van der Waals surface area contributed by atoms with Crippen LogP contribution < -0.4 is 5.32 Å². The van der Waals surface area contributed by atoms with Crippen molar-refractivity contribution < 1.29 is 9.31 Å². The van der Waals surface area contributed by atoms with E-state index in [2.05, 4.69) is 37.2 Å². The fraction of sp³-hybridized carbons (Fsp3) is 0.0909. The number of nitro groups is 1. The zero-order valence-electron chi connectivity index (χ0n) is 9.32. The van der Waals surface area contributed by atoms with Crippen molar-refractivity contribution in [3.63, 3.8) is 0 Å². The summed E-state index contributed by atoms with van der Waals surface area (Å²) in [5, 5.41) is 13.6. The Bertz CT molecular complexity index is 614. The Kier molecular flexibility index (Phi) is 4.54. The standard InChI is InChI=1S/C11H7Br2FN2O2S/c12-10-4-9(19-11(10)13)5-15-7-1-6(14)2-8(3-7)16(17)18/h1-4,15H,5H2. The van der Waals surface area contributed by atoms with Crippen LogP contribution in [0.3, 0.4) is 0 Å². The van der Waals surface area contributed by atoms with Crippen LogP contribution in [0.4, 0.5) is 15.8 Å². The third-order valence-corrected chi connectivity index (χ3v) is 5.51. The van der Waals surface area contributed by atoms with Crippen molar-refractivity contribution in [3.05, 3.63) is 53.3 Å². The van der Waals surface area contributed by atoms with Crippen LogP contribution in [-0.4, -0.2) is 4.92 Å². The van der Waals surface area contributed by atoms with Gasteiger partial charge >= 0.3 is 0 Å². The van der Waals surface area contributed by atoms with Gasteiger partial charge in [-0.05, 0) is 44.0 Å². The van der Waals surface area contributed by atoms with Crippen LogP contribution in [0.5, 0.6) is 0 Å². The molecule has 0 aliphatic rings. The monoisotopic (exact) mass is 408 g/mol. The average molecular weight is 410 g/mol. The van der Waals surface area contributed by atoms with Crippen molar-refractivity contribution in [2.75, 3.05) is 5.32 Å². The molecule has 0 atom stereocenters. The summed E-state index contributed by atoms with van der Waals surface area (Å²) < 4.78 is 15.1. The highest BCUT2D eigenvalue weighted by molar-refractivity contribution is 9.13. The number of anilines is 1. The van der Waals surface area contributed by atoms with E-state index in [9.17, 15) is 14.5 Å². The van der Waals surface area contributed by atoms with E-state index in [0.29, 0.717) is 12.2 Å². The molecule has 4 nitrogen and oxygen atoms in total. The largest absolute Gasteiger partial charge is 0.380 e. The van der Waals surface area contributed by atoms with Crippen LogP contribution in [0.15, 0.2) is 32.5 Å². The van der Waals surface area contributed by atoms with Crippen LogP contribution in [-0.2, 0) is 6.54 Å². The maximum absolute atomic E-state index is 13.2. The summed E-state index contributed by atoms with van der Waals surface area (Å²) in [7, 11) is 0. The van der Waals surface area contributed by atoms with Gasteiger partial charge in [0.25, 0.3) is 5.69 Å². The minimum atomic E-state index is -0.634. The maximum Gasteiger partial charge on any atom is 0.274 e. The first kappa shape index (κ1) is 14.4. The highest BCUT2D eigenvalue weighted by Gasteiger charge is 2.10. The summed E-state index contributed by atoms with van der Waals surface area (Å²) in [6.45, 7) is 0.468. The van der Waals surface area contributed by atoms with Gasteiger partial charge in [0.05, 0.1) is 14.8 Å². The number of nitro benzene ring substituents is 1. The van der Waals surface area contributed by atoms with Crippen molar-refractivity contribution in [1.29, 1.82) is 0 Å². The zero-order valence-corrected chi connectivity index (χ0v) is 13.3. The van der Waals surface area contributed by atoms with Gasteiger partial charge in [0.2, 0.25) is 0 Å². The molecular formula is C11H7Br2FN2O2S. The van der Waals surface area contributed by atoms with E-state index in [4.69, 9.17) is 0 Å². The van der Waals surface area contributed by atoms with E-state index in [1.54, 1.807) is 0 Å².